The molecule has 0 N–H and O–H groups in total. The number of hydrogen-bond acceptors (Lipinski definition) is 6. The summed E-state index contributed by atoms with van der Waals surface area (Å²) < 4.78 is 24.5. The average molecular weight is 1000 g/mol. The molecule has 0 aliphatic heterocycles. The molecule has 0 aliphatic carbocycles. The SMILES string of the molecule is CC(C)(C)c1cc(Cn2c(=O)n(Cc3cc(C(C)(C)C)c(O[Si](C)(C)C)c(C(C)(C)C)c3)c(=O)n(Cc3cc(C(C)(C)C)c(O[Si](C)(C)C)c(C(C)(C)C)c3)c2=O)cc(C(C)(C)C)c1O[Si](C)(C)C. The molecule has 0 unspecified atom stereocenters. The van der Waals surface area contributed by atoms with Gasteiger partial charge in [-0.25, -0.2) is 28.1 Å². The van der Waals surface area contributed by atoms with Gasteiger partial charge in [0.15, 0.2) is 0 Å². The van der Waals surface area contributed by atoms with E-state index in [4.69, 9.17) is 13.3 Å². The van der Waals surface area contributed by atoms with Crippen molar-refractivity contribution in [2.75, 3.05) is 0 Å². The van der Waals surface area contributed by atoms with Gasteiger partial charge < -0.3 is 13.3 Å². The molecule has 4 aromatic rings. The van der Waals surface area contributed by atoms with Crippen LogP contribution in [0.4, 0.5) is 0 Å². The minimum absolute atomic E-state index is 0.0374. The largest absolute Gasteiger partial charge is 0.544 e. The normalized spacial score (nSPS) is 13.8. The molecule has 384 valence electrons. The van der Waals surface area contributed by atoms with Crippen LogP contribution in [0.2, 0.25) is 58.9 Å². The third-order valence-electron chi connectivity index (χ3n) is 11.9. The molecule has 0 saturated carbocycles. The van der Waals surface area contributed by atoms with Crippen molar-refractivity contribution in [1.82, 2.24) is 13.7 Å². The summed E-state index contributed by atoms with van der Waals surface area (Å²) in [6.45, 7) is 58.7. The molecular weight excluding hydrogens is 907 g/mol. The van der Waals surface area contributed by atoms with E-state index in [0.29, 0.717) is 0 Å². The Bertz CT molecular complexity index is 2300. The molecule has 1 heterocycles. The summed E-state index contributed by atoms with van der Waals surface area (Å²) >= 11 is 0. The molecular formula is C57H93N3O6Si3. The monoisotopic (exact) mass is 1000 g/mol. The van der Waals surface area contributed by atoms with E-state index in [1.165, 1.54) is 13.7 Å². The average Bonchev–Trinajstić information content (AvgIpc) is 3.10. The molecule has 0 amide bonds. The number of hydrogen-bond donors (Lipinski definition) is 0. The summed E-state index contributed by atoms with van der Waals surface area (Å²) in [7, 11) is -6.23. The van der Waals surface area contributed by atoms with E-state index >= 15 is 14.4 Å². The highest BCUT2D eigenvalue weighted by Crippen LogP contribution is 2.45. The maximum atomic E-state index is 15.3. The van der Waals surface area contributed by atoms with Crippen molar-refractivity contribution in [3.8, 4) is 17.2 Å². The van der Waals surface area contributed by atoms with Crippen molar-refractivity contribution in [3.63, 3.8) is 0 Å². The summed E-state index contributed by atoms with van der Waals surface area (Å²) in [5.74, 6) is 2.64. The molecule has 0 atom stereocenters. The Hall–Kier alpha value is -3.88. The van der Waals surface area contributed by atoms with Gasteiger partial charge in [-0.1, -0.05) is 125 Å². The van der Waals surface area contributed by atoms with Gasteiger partial charge in [-0.3, -0.25) is 0 Å². The van der Waals surface area contributed by atoms with Crippen LogP contribution in [0.15, 0.2) is 50.8 Å². The predicted molar refractivity (Wildman–Crippen MR) is 300 cm³/mol. The molecule has 1 aromatic heterocycles. The molecule has 0 radical (unpaired) electrons. The van der Waals surface area contributed by atoms with Crippen LogP contribution in [-0.2, 0) is 52.1 Å². The Morgan fingerprint density at radius 2 is 0.464 bits per heavy atom. The zero-order chi connectivity index (χ0) is 53.4. The second-order valence-corrected chi connectivity index (χ2v) is 42.1. The van der Waals surface area contributed by atoms with Crippen LogP contribution in [0, 0.1) is 0 Å². The topological polar surface area (TPSA) is 93.7 Å². The Balaban J connectivity index is 2.21. The fraction of sp³-hybridized carbons (Fsp3) is 0.632. The number of rotatable bonds is 12. The van der Waals surface area contributed by atoms with Crippen molar-refractivity contribution in [2.45, 2.75) is 236 Å². The third kappa shape index (κ3) is 14.4. The van der Waals surface area contributed by atoms with Gasteiger partial charge >= 0.3 is 17.1 Å². The molecule has 0 bridgehead atoms. The first kappa shape index (κ1) is 57.7. The predicted octanol–water partition coefficient (Wildman–Crippen LogP) is 13.7. The van der Waals surface area contributed by atoms with E-state index in [1.807, 2.05) is 0 Å². The minimum atomic E-state index is -2.08. The summed E-state index contributed by atoms with van der Waals surface area (Å²) in [4.78, 5) is 45.8. The highest BCUT2D eigenvalue weighted by Gasteiger charge is 2.35. The second-order valence-electron chi connectivity index (χ2n) is 28.8. The van der Waals surface area contributed by atoms with Gasteiger partial charge in [-0.2, -0.15) is 0 Å². The number of nitrogens with zero attached hydrogens (tertiary/aromatic N) is 3. The molecule has 69 heavy (non-hydrogen) atoms. The zero-order valence-corrected chi connectivity index (χ0v) is 51.4. The molecule has 0 spiro atoms. The first-order valence-electron chi connectivity index (χ1n) is 25.2. The van der Waals surface area contributed by atoms with Crippen molar-refractivity contribution in [2.24, 2.45) is 0 Å². The van der Waals surface area contributed by atoms with Crippen molar-refractivity contribution < 1.29 is 13.3 Å². The Morgan fingerprint density at radius 1 is 0.319 bits per heavy atom. The first-order valence-corrected chi connectivity index (χ1v) is 35.4. The molecule has 9 nitrogen and oxygen atoms in total. The molecule has 12 heteroatoms. The van der Waals surface area contributed by atoms with Crippen LogP contribution in [-0.4, -0.2) is 38.7 Å². The lowest BCUT2D eigenvalue weighted by Gasteiger charge is -2.34. The third-order valence-corrected chi connectivity index (χ3v) is 14.4. The van der Waals surface area contributed by atoms with Crippen molar-refractivity contribution in [3.05, 3.63) is 118 Å². The summed E-state index contributed by atoms with van der Waals surface area (Å²) in [5, 5.41) is 0. The van der Waals surface area contributed by atoms with Crippen molar-refractivity contribution >= 4 is 25.0 Å². The highest BCUT2D eigenvalue weighted by molar-refractivity contribution is 6.71. The standard InChI is InChI=1S/C57H93N3O6Si3/c1-52(2,3)40-28-37(29-41(53(4,5)6)46(40)64-67(19,20)21)34-58-49(61)59(35-38-30-42(54(7,8)9)47(65-68(22,23)24)43(31-38)55(10,11)12)51(63)60(50(58)62)36-39-32-44(56(13,14)15)48(66-69(25,26)27)45(33-39)57(16,17)18/h28-33H,34-36H2,1-27H3. The summed E-state index contributed by atoms with van der Waals surface area (Å²) in [6, 6.07) is 12.6. The Morgan fingerprint density at radius 3 is 0.580 bits per heavy atom. The van der Waals surface area contributed by atoms with E-state index in [2.05, 4.69) is 220 Å². The van der Waals surface area contributed by atoms with Gasteiger partial charge in [0.25, 0.3) is 0 Å². The maximum Gasteiger partial charge on any atom is 0.336 e. The lowest BCUT2D eigenvalue weighted by Crippen LogP contribution is -2.55. The van der Waals surface area contributed by atoms with E-state index in [1.54, 1.807) is 0 Å². The van der Waals surface area contributed by atoms with Crippen LogP contribution >= 0.6 is 0 Å². The molecule has 0 fully saturated rings. The highest BCUT2D eigenvalue weighted by atomic mass is 28.4. The second kappa shape index (κ2) is 18.9. The molecule has 3 aromatic carbocycles. The van der Waals surface area contributed by atoms with Crippen LogP contribution in [0.5, 0.6) is 17.2 Å². The van der Waals surface area contributed by atoms with Gasteiger partial charge in [0.05, 0.1) is 19.6 Å². The quantitative estimate of drug-likeness (QED) is 0.131. The summed E-state index contributed by atoms with van der Waals surface area (Å²) in [6.07, 6.45) is 0. The van der Waals surface area contributed by atoms with Crippen LogP contribution in [0.1, 0.15) is 175 Å². The number of aromatic nitrogens is 3. The lowest BCUT2D eigenvalue weighted by atomic mass is 9.78. The molecule has 0 aliphatic rings. The maximum absolute atomic E-state index is 15.3. The smallest absolute Gasteiger partial charge is 0.336 e. The van der Waals surface area contributed by atoms with Crippen LogP contribution in [0.3, 0.4) is 0 Å². The zero-order valence-electron chi connectivity index (χ0n) is 48.4. The Kier molecular flexibility index (Phi) is 15.8. The van der Waals surface area contributed by atoms with Crippen LogP contribution in [0.25, 0.3) is 0 Å². The molecule has 4 rings (SSSR count). The Labute approximate surface area is 420 Å². The van der Waals surface area contributed by atoms with Gasteiger partial charge in [-0.05, 0) is 178 Å². The summed E-state index contributed by atoms with van der Waals surface area (Å²) in [5.41, 5.74) is 4.59. The van der Waals surface area contributed by atoms with Gasteiger partial charge in [0, 0.05) is 0 Å². The van der Waals surface area contributed by atoms with Gasteiger partial charge in [-0.15, -0.1) is 0 Å². The van der Waals surface area contributed by atoms with Crippen LogP contribution < -0.4 is 30.3 Å². The molecule has 0 saturated heterocycles. The number of benzene rings is 3. The van der Waals surface area contributed by atoms with E-state index in [-0.39, 0.29) is 52.1 Å². The van der Waals surface area contributed by atoms with E-state index in [9.17, 15) is 0 Å². The lowest BCUT2D eigenvalue weighted by molar-refractivity contribution is 0.468. The van der Waals surface area contributed by atoms with Gasteiger partial charge in [0.1, 0.15) is 17.2 Å². The van der Waals surface area contributed by atoms with Gasteiger partial charge in [0.2, 0.25) is 25.0 Å². The minimum Gasteiger partial charge on any atom is -0.544 e. The van der Waals surface area contributed by atoms with E-state index < -0.39 is 42.0 Å². The van der Waals surface area contributed by atoms with E-state index in [0.717, 1.165) is 67.3 Å². The first-order chi connectivity index (χ1) is 30.6. The fourth-order valence-electron chi connectivity index (χ4n) is 8.57. The van der Waals surface area contributed by atoms with Crippen molar-refractivity contribution in [1.29, 1.82) is 0 Å². The fourth-order valence-corrected chi connectivity index (χ4v) is 11.1.